The maximum atomic E-state index is 14.0. The van der Waals surface area contributed by atoms with Gasteiger partial charge in [-0.1, -0.05) is 65.3 Å². The summed E-state index contributed by atoms with van der Waals surface area (Å²) in [5, 5.41) is 2.93. The summed E-state index contributed by atoms with van der Waals surface area (Å²) in [6.45, 7) is 2.07. The molecule has 3 rings (SSSR count). The Hall–Kier alpha value is -3.37. The van der Waals surface area contributed by atoms with Gasteiger partial charge >= 0.3 is 0 Å². The van der Waals surface area contributed by atoms with Crippen molar-refractivity contribution in [1.29, 1.82) is 0 Å². The molecule has 0 spiro atoms. The van der Waals surface area contributed by atoms with Crippen molar-refractivity contribution >= 4 is 43.5 Å². The lowest BCUT2D eigenvalue weighted by atomic mass is 10.0. The van der Waals surface area contributed by atoms with Crippen molar-refractivity contribution in [2.75, 3.05) is 30.8 Å². The van der Waals surface area contributed by atoms with E-state index in [2.05, 4.69) is 21.2 Å². The molecule has 1 N–H and O–H groups in total. The summed E-state index contributed by atoms with van der Waals surface area (Å²) >= 11 is 3.47. The van der Waals surface area contributed by atoms with Crippen LogP contribution in [0.3, 0.4) is 0 Å². The SMILES string of the molecule is CCCNC(=O)C(Cc1ccccc1)N(Cc1cccc(Br)c1)C(=O)CN(c1ccc(OC)cc1)S(C)(=O)=O. The van der Waals surface area contributed by atoms with Gasteiger partial charge in [-0.2, -0.15) is 0 Å². The van der Waals surface area contributed by atoms with Crippen molar-refractivity contribution in [3.05, 3.63) is 94.5 Å². The molecule has 0 aliphatic heterocycles. The summed E-state index contributed by atoms with van der Waals surface area (Å²) in [5.41, 5.74) is 2.01. The Balaban J connectivity index is 2.03. The van der Waals surface area contributed by atoms with Crippen molar-refractivity contribution in [3.8, 4) is 5.75 Å². The van der Waals surface area contributed by atoms with E-state index >= 15 is 0 Å². The zero-order valence-electron chi connectivity index (χ0n) is 22.3. The fraction of sp³-hybridized carbons (Fsp3) is 0.310. The quantitative estimate of drug-likeness (QED) is 0.308. The molecular formula is C29H34BrN3O5S. The first-order valence-corrected chi connectivity index (χ1v) is 15.2. The molecule has 0 radical (unpaired) electrons. The number of carbonyl (C=O) groups excluding carboxylic acids is 2. The Bertz CT molecular complexity index is 1350. The molecule has 208 valence electrons. The number of methoxy groups -OCH3 is 1. The predicted octanol–water partition coefficient (Wildman–Crippen LogP) is 4.39. The number of ether oxygens (including phenoxy) is 1. The summed E-state index contributed by atoms with van der Waals surface area (Å²) in [4.78, 5) is 28.9. The van der Waals surface area contributed by atoms with Crippen molar-refractivity contribution in [1.82, 2.24) is 10.2 Å². The van der Waals surface area contributed by atoms with E-state index in [1.54, 1.807) is 24.3 Å². The van der Waals surface area contributed by atoms with Crippen molar-refractivity contribution in [2.24, 2.45) is 0 Å². The van der Waals surface area contributed by atoms with Crippen LogP contribution in [0.2, 0.25) is 0 Å². The van der Waals surface area contributed by atoms with E-state index in [9.17, 15) is 18.0 Å². The lowest BCUT2D eigenvalue weighted by Crippen LogP contribution is -2.53. The minimum Gasteiger partial charge on any atom is -0.497 e. The molecule has 0 aliphatic carbocycles. The maximum absolute atomic E-state index is 14.0. The van der Waals surface area contributed by atoms with Gasteiger partial charge in [-0.3, -0.25) is 13.9 Å². The minimum absolute atomic E-state index is 0.121. The molecule has 8 nitrogen and oxygen atoms in total. The predicted molar refractivity (Wildman–Crippen MR) is 157 cm³/mol. The highest BCUT2D eigenvalue weighted by atomic mass is 79.9. The zero-order chi connectivity index (χ0) is 28.4. The molecule has 0 heterocycles. The molecule has 0 saturated heterocycles. The summed E-state index contributed by atoms with van der Waals surface area (Å²) < 4.78 is 32.7. The highest BCUT2D eigenvalue weighted by Gasteiger charge is 2.33. The van der Waals surface area contributed by atoms with Gasteiger partial charge < -0.3 is 15.0 Å². The summed E-state index contributed by atoms with van der Waals surface area (Å²) in [6.07, 6.45) is 2.07. The molecule has 3 aromatic rings. The van der Waals surface area contributed by atoms with Gasteiger partial charge in [0.1, 0.15) is 18.3 Å². The average molecular weight is 617 g/mol. The number of rotatable bonds is 13. The van der Waals surface area contributed by atoms with Gasteiger partial charge in [-0.05, 0) is 53.9 Å². The van der Waals surface area contributed by atoms with Crippen molar-refractivity contribution in [3.63, 3.8) is 0 Å². The van der Waals surface area contributed by atoms with Gasteiger partial charge in [-0.25, -0.2) is 8.42 Å². The number of sulfonamides is 1. The molecule has 0 aromatic heterocycles. The second kappa shape index (κ2) is 14.1. The van der Waals surface area contributed by atoms with Crippen LogP contribution in [-0.4, -0.2) is 57.6 Å². The van der Waals surface area contributed by atoms with Crippen LogP contribution in [0.4, 0.5) is 5.69 Å². The number of anilines is 1. The summed E-state index contributed by atoms with van der Waals surface area (Å²) in [5.74, 6) is -0.228. The van der Waals surface area contributed by atoms with E-state index in [4.69, 9.17) is 4.74 Å². The summed E-state index contributed by atoms with van der Waals surface area (Å²) in [7, 11) is -2.31. The van der Waals surface area contributed by atoms with Crippen LogP contribution in [0.1, 0.15) is 24.5 Å². The Morgan fingerprint density at radius 3 is 2.23 bits per heavy atom. The first kappa shape index (κ1) is 30.2. The van der Waals surface area contributed by atoms with Crippen LogP contribution in [0.5, 0.6) is 5.75 Å². The standard InChI is InChI=1S/C29H34BrN3O5S/c1-4-17-31-29(35)27(19-22-9-6-5-7-10-22)32(20-23-11-8-12-24(30)18-23)28(34)21-33(39(3,36)37)25-13-15-26(38-2)16-14-25/h5-16,18,27H,4,17,19-21H2,1-3H3,(H,31,35). The van der Waals surface area contributed by atoms with E-state index in [0.29, 0.717) is 18.0 Å². The zero-order valence-corrected chi connectivity index (χ0v) is 24.7. The topological polar surface area (TPSA) is 96.0 Å². The van der Waals surface area contributed by atoms with Crippen LogP contribution in [0.15, 0.2) is 83.3 Å². The smallest absolute Gasteiger partial charge is 0.244 e. The van der Waals surface area contributed by atoms with Gasteiger partial charge in [0.2, 0.25) is 21.8 Å². The number of halogens is 1. The molecule has 3 aromatic carbocycles. The third-order valence-corrected chi connectivity index (χ3v) is 7.74. The first-order valence-electron chi connectivity index (χ1n) is 12.6. The van der Waals surface area contributed by atoms with Crippen molar-refractivity contribution in [2.45, 2.75) is 32.4 Å². The van der Waals surface area contributed by atoms with Gasteiger partial charge in [0, 0.05) is 24.0 Å². The van der Waals surface area contributed by atoms with E-state index in [1.165, 1.54) is 12.0 Å². The number of benzene rings is 3. The number of nitrogens with zero attached hydrogens (tertiary/aromatic N) is 2. The minimum atomic E-state index is -3.83. The Morgan fingerprint density at radius 1 is 0.974 bits per heavy atom. The molecule has 2 amide bonds. The number of nitrogens with one attached hydrogen (secondary N) is 1. The number of hydrogen-bond acceptors (Lipinski definition) is 5. The highest BCUT2D eigenvalue weighted by Crippen LogP contribution is 2.23. The average Bonchev–Trinajstić information content (AvgIpc) is 2.92. The van der Waals surface area contributed by atoms with E-state index in [1.807, 2.05) is 61.5 Å². The fourth-order valence-corrected chi connectivity index (χ4v) is 5.41. The number of amides is 2. The van der Waals surface area contributed by atoms with Gasteiger partial charge in [0.25, 0.3) is 0 Å². The van der Waals surface area contributed by atoms with Crippen LogP contribution >= 0.6 is 15.9 Å². The Morgan fingerprint density at radius 2 is 1.64 bits per heavy atom. The lowest BCUT2D eigenvalue weighted by Gasteiger charge is -2.33. The normalized spacial score (nSPS) is 11.9. The van der Waals surface area contributed by atoms with Crippen LogP contribution < -0.4 is 14.4 Å². The summed E-state index contributed by atoms with van der Waals surface area (Å²) in [6, 6.07) is 22.5. The van der Waals surface area contributed by atoms with Crippen LogP contribution in [0, 0.1) is 0 Å². The number of hydrogen-bond donors (Lipinski definition) is 1. The van der Waals surface area contributed by atoms with Gasteiger partial charge in [0.15, 0.2) is 0 Å². The molecule has 0 bridgehead atoms. The lowest BCUT2D eigenvalue weighted by molar-refractivity contribution is -0.140. The van der Waals surface area contributed by atoms with Gasteiger partial charge in [-0.15, -0.1) is 0 Å². The maximum Gasteiger partial charge on any atom is 0.244 e. The third-order valence-electron chi connectivity index (χ3n) is 6.10. The Labute approximate surface area is 239 Å². The van der Waals surface area contributed by atoms with Crippen LogP contribution in [0.25, 0.3) is 0 Å². The first-order chi connectivity index (χ1) is 18.6. The molecule has 1 unspecified atom stereocenters. The fourth-order valence-electron chi connectivity index (χ4n) is 4.11. The molecule has 0 aliphatic rings. The van der Waals surface area contributed by atoms with Crippen LogP contribution in [-0.2, 0) is 32.6 Å². The molecule has 1 atom stereocenters. The Kier molecular flexibility index (Phi) is 10.9. The monoisotopic (exact) mass is 615 g/mol. The van der Waals surface area contributed by atoms with E-state index in [0.717, 1.165) is 32.6 Å². The number of carbonyl (C=O) groups is 2. The molecular weight excluding hydrogens is 582 g/mol. The largest absolute Gasteiger partial charge is 0.497 e. The molecule has 0 saturated carbocycles. The third kappa shape index (κ3) is 8.83. The highest BCUT2D eigenvalue weighted by molar-refractivity contribution is 9.10. The van der Waals surface area contributed by atoms with E-state index in [-0.39, 0.29) is 18.9 Å². The molecule has 10 heteroatoms. The molecule has 0 fully saturated rings. The molecule has 39 heavy (non-hydrogen) atoms. The second-order valence-electron chi connectivity index (χ2n) is 9.12. The van der Waals surface area contributed by atoms with E-state index < -0.39 is 28.5 Å². The van der Waals surface area contributed by atoms with Gasteiger partial charge in [0.05, 0.1) is 19.1 Å². The van der Waals surface area contributed by atoms with Crippen molar-refractivity contribution < 1.29 is 22.7 Å². The second-order valence-corrected chi connectivity index (χ2v) is 11.9.